The van der Waals surface area contributed by atoms with E-state index in [2.05, 4.69) is 22.9 Å². The average Bonchev–Trinajstić information content (AvgIpc) is 2.67. The van der Waals surface area contributed by atoms with Crippen LogP contribution in [0, 0.1) is 5.92 Å². The van der Waals surface area contributed by atoms with Gasteiger partial charge in [-0.3, -0.25) is 4.79 Å². The molecule has 86 valence electrons. The van der Waals surface area contributed by atoms with E-state index < -0.39 is 0 Å². The zero-order chi connectivity index (χ0) is 11.7. The number of carbonyl (C=O) groups is 1. The van der Waals surface area contributed by atoms with Gasteiger partial charge in [-0.2, -0.15) is 0 Å². The van der Waals surface area contributed by atoms with E-state index in [1.807, 2.05) is 11.0 Å². The Morgan fingerprint density at radius 2 is 2.31 bits per heavy atom. The summed E-state index contributed by atoms with van der Waals surface area (Å²) >= 11 is 9.39. The van der Waals surface area contributed by atoms with Crippen molar-refractivity contribution < 1.29 is 4.79 Å². The monoisotopic (exact) mass is 301 g/mol. The number of rotatable bonds is 1. The molecule has 1 fully saturated rings. The molecular weight excluding hydrogens is 289 g/mol. The maximum atomic E-state index is 12.2. The number of hydrogen-bond acceptors (Lipinski definition) is 1. The summed E-state index contributed by atoms with van der Waals surface area (Å²) in [5.74, 6) is 0.630. The van der Waals surface area contributed by atoms with Crippen LogP contribution in [-0.2, 0) is 0 Å². The summed E-state index contributed by atoms with van der Waals surface area (Å²) < 4.78 is 0.882. The summed E-state index contributed by atoms with van der Waals surface area (Å²) in [4.78, 5) is 14.1. The van der Waals surface area contributed by atoms with Crippen molar-refractivity contribution in [3.63, 3.8) is 0 Å². The summed E-state index contributed by atoms with van der Waals surface area (Å²) in [7, 11) is 0. The van der Waals surface area contributed by atoms with Crippen LogP contribution in [0.15, 0.2) is 22.7 Å². The van der Waals surface area contributed by atoms with Crippen LogP contribution in [0.4, 0.5) is 0 Å². The fourth-order valence-corrected chi connectivity index (χ4v) is 2.51. The van der Waals surface area contributed by atoms with Gasteiger partial charge in [0.2, 0.25) is 0 Å². The fourth-order valence-electron chi connectivity index (χ4n) is 1.95. The lowest BCUT2D eigenvalue weighted by molar-refractivity contribution is 0.0788. The molecule has 2 rings (SSSR count). The number of halogens is 2. The minimum absolute atomic E-state index is 0.0376. The molecule has 4 heteroatoms. The molecule has 1 heterocycles. The first kappa shape index (κ1) is 11.9. The van der Waals surface area contributed by atoms with E-state index in [0.29, 0.717) is 16.5 Å². The fraction of sp³-hybridized carbons (Fsp3) is 0.417. The molecular formula is C12H13BrClNO. The van der Waals surface area contributed by atoms with Gasteiger partial charge in [0.1, 0.15) is 0 Å². The third-order valence-electron chi connectivity index (χ3n) is 2.87. The van der Waals surface area contributed by atoms with E-state index in [1.165, 1.54) is 0 Å². The first-order valence-electron chi connectivity index (χ1n) is 5.32. The predicted molar refractivity (Wildman–Crippen MR) is 68.8 cm³/mol. The average molecular weight is 303 g/mol. The third-order valence-corrected chi connectivity index (χ3v) is 3.69. The molecule has 1 amide bonds. The Balaban J connectivity index is 2.23. The molecule has 0 aliphatic carbocycles. The van der Waals surface area contributed by atoms with Gasteiger partial charge in [-0.25, -0.2) is 0 Å². The van der Waals surface area contributed by atoms with Gasteiger partial charge in [0.05, 0.1) is 10.6 Å². The molecule has 2 nitrogen and oxygen atoms in total. The highest BCUT2D eigenvalue weighted by Gasteiger charge is 2.25. The van der Waals surface area contributed by atoms with Crippen molar-refractivity contribution in [2.75, 3.05) is 13.1 Å². The first-order chi connectivity index (χ1) is 7.58. The van der Waals surface area contributed by atoms with Gasteiger partial charge in [-0.05, 0) is 30.5 Å². The Morgan fingerprint density at radius 3 is 2.94 bits per heavy atom. The zero-order valence-electron chi connectivity index (χ0n) is 9.04. The van der Waals surface area contributed by atoms with Gasteiger partial charge in [0.25, 0.3) is 5.91 Å². The highest BCUT2D eigenvalue weighted by molar-refractivity contribution is 9.10. The van der Waals surface area contributed by atoms with Gasteiger partial charge in [-0.1, -0.05) is 34.5 Å². The van der Waals surface area contributed by atoms with Crippen molar-refractivity contribution in [2.24, 2.45) is 5.92 Å². The van der Waals surface area contributed by atoms with Crippen LogP contribution in [0.25, 0.3) is 0 Å². The molecule has 1 aromatic rings. The molecule has 1 aromatic carbocycles. The number of likely N-dealkylation sites (tertiary alicyclic amines) is 1. The van der Waals surface area contributed by atoms with Gasteiger partial charge in [-0.15, -0.1) is 0 Å². The summed E-state index contributed by atoms with van der Waals surface area (Å²) in [6.45, 7) is 3.83. The summed E-state index contributed by atoms with van der Waals surface area (Å²) in [5.41, 5.74) is 0.588. The van der Waals surface area contributed by atoms with Crippen molar-refractivity contribution in [3.8, 4) is 0 Å². The van der Waals surface area contributed by atoms with Crippen molar-refractivity contribution in [2.45, 2.75) is 13.3 Å². The highest BCUT2D eigenvalue weighted by atomic mass is 79.9. The minimum Gasteiger partial charge on any atom is -0.338 e. The topological polar surface area (TPSA) is 20.3 Å². The number of amides is 1. The number of nitrogens with zero attached hydrogens (tertiary/aromatic N) is 1. The minimum atomic E-state index is 0.0376. The van der Waals surface area contributed by atoms with Crippen LogP contribution in [0.3, 0.4) is 0 Å². The maximum absolute atomic E-state index is 12.2. The van der Waals surface area contributed by atoms with E-state index in [-0.39, 0.29) is 5.91 Å². The maximum Gasteiger partial charge on any atom is 0.255 e. The Morgan fingerprint density at radius 1 is 1.56 bits per heavy atom. The molecule has 1 saturated heterocycles. The number of carbonyl (C=O) groups excluding carboxylic acids is 1. The second kappa shape index (κ2) is 4.76. The molecule has 1 unspecified atom stereocenters. The molecule has 0 aromatic heterocycles. The standard InChI is InChI=1S/C12H13BrClNO/c1-8-4-5-15(7-8)12(16)10-6-9(13)2-3-11(10)14/h2-3,6,8H,4-5,7H2,1H3. The van der Waals surface area contributed by atoms with Crippen molar-refractivity contribution in [1.82, 2.24) is 4.90 Å². The predicted octanol–water partition coefficient (Wildman–Crippen LogP) is 3.58. The molecule has 1 aliphatic heterocycles. The van der Waals surface area contributed by atoms with E-state index in [1.54, 1.807) is 12.1 Å². The molecule has 0 radical (unpaired) electrons. The largest absolute Gasteiger partial charge is 0.338 e. The van der Waals surface area contributed by atoms with Crippen molar-refractivity contribution in [1.29, 1.82) is 0 Å². The summed E-state index contributed by atoms with van der Waals surface area (Å²) in [6.07, 6.45) is 1.08. The van der Waals surface area contributed by atoms with Crippen molar-refractivity contribution in [3.05, 3.63) is 33.3 Å². The zero-order valence-corrected chi connectivity index (χ0v) is 11.4. The van der Waals surface area contributed by atoms with Crippen molar-refractivity contribution >= 4 is 33.4 Å². The molecule has 0 N–H and O–H groups in total. The van der Waals surface area contributed by atoms with Gasteiger partial charge < -0.3 is 4.90 Å². The van der Waals surface area contributed by atoms with Gasteiger partial charge in [0.15, 0.2) is 0 Å². The summed E-state index contributed by atoms with van der Waals surface area (Å²) in [6, 6.07) is 5.37. The third kappa shape index (κ3) is 2.41. The SMILES string of the molecule is CC1CCN(C(=O)c2cc(Br)ccc2Cl)C1. The van der Waals surface area contributed by atoms with E-state index in [0.717, 1.165) is 24.0 Å². The lowest BCUT2D eigenvalue weighted by atomic mass is 10.2. The van der Waals surface area contributed by atoms with Crippen LogP contribution >= 0.6 is 27.5 Å². The Hall–Kier alpha value is -0.540. The smallest absolute Gasteiger partial charge is 0.255 e. The quantitative estimate of drug-likeness (QED) is 0.776. The van der Waals surface area contributed by atoms with E-state index in [4.69, 9.17) is 11.6 Å². The molecule has 0 spiro atoms. The van der Waals surface area contributed by atoms with Gasteiger partial charge in [0, 0.05) is 17.6 Å². The van der Waals surface area contributed by atoms with Crippen LogP contribution in [0.1, 0.15) is 23.7 Å². The van der Waals surface area contributed by atoms with Crippen LogP contribution < -0.4 is 0 Å². The Bertz CT molecular complexity index is 421. The Labute approximate surface area is 109 Å². The number of benzene rings is 1. The molecule has 0 saturated carbocycles. The lowest BCUT2D eigenvalue weighted by Crippen LogP contribution is -2.28. The lowest BCUT2D eigenvalue weighted by Gasteiger charge is -2.16. The highest BCUT2D eigenvalue weighted by Crippen LogP contribution is 2.25. The number of hydrogen-bond donors (Lipinski definition) is 0. The molecule has 16 heavy (non-hydrogen) atoms. The van der Waals surface area contributed by atoms with E-state index in [9.17, 15) is 4.79 Å². The van der Waals surface area contributed by atoms with Crippen LogP contribution in [0.2, 0.25) is 5.02 Å². The van der Waals surface area contributed by atoms with Gasteiger partial charge >= 0.3 is 0 Å². The van der Waals surface area contributed by atoms with Crippen LogP contribution in [0.5, 0.6) is 0 Å². The first-order valence-corrected chi connectivity index (χ1v) is 6.49. The normalized spacial score (nSPS) is 20.2. The molecule has 0 bridgehead atoms. The second-order valence-electron chi connectivity index (χ2n) is 4.27. The molecule has 1 atom stereocenters. The van der Waals surface area contributed by atoms with Crippen LogP contribution in [-0.4, -0.2) is 23.9 Å². The van der Waals surface area contributed by atoms with E-state index >= 15 is 0 Å². The summed E-state index contributed by atoms with van der Waals surface area (Å²) in [5, 5.41) is 0.521. The molecule has 1 aliphatic rings. The Kier molecular flexibility index (Phi) is 3.55. The second-order valence-corrected chi connectivity index (χ2v) is 5.59.